The fourth-order valence-electron chi connectivity index (χ4n) is 1.76. The lowest BCUT2D eigenvalue weighted by Crippen LogP contribution is -2.43. The number of hydrogen-bond donors (Lipinski definition) is 2. The van der Waals surface area contributed by atoms with Crippen molar-refractivity contribution in [3.8, 4) is 11.5 Å². The number of rotatable bonds is 6. The van der Waals surface area contributed by atoms with Crippen molar-refractivity contribution in [2.75, 3.05) is 39.2 Å². The molecule has 3 N–H and O–H groups in total. The second kappa shape index (κ2) is 8.73. The molecule has 0 saturated carbocycles. The predicted molar refractivity (Wildman–Crippen MR) is 81.3 cm³/mol. The molecule has 8 nitrogen and oxygen atoms in total. The minimum absolute atomic E-state index is 0.0299. The van der Waals surface area contributed by atoms with E-state index in [0.29, 0.717) is 17.2 Å². The van der Waals surface area contributed by atoms with Gasteiger partial charge in [0, 0.05) is 13.1 Å². The van der Waals surface area contributed by atoms with Crippen molar-refractivity contribution in [3.05, 3.63) is 18.2 Å². The van der Waals surface area contributed by atoms with Gasteiger partial charge in [-0.2, -0.15) is 0 Å². The third-order valence-electron chi connectivity index (χ3n) is 2.75. The Bertz CT molecular complexity index is 499. The average Bonchev–Trinajstić information content (AvgIpc) is 2.52. The molecule has 1 aromatic carbocycles. The Hall–Kier alpha value is -2.48. The molecule has 122 valence electrons. The van der Waals surface area contributed by atoms with E-state index in [2.05, 4.69) is 5.32 Å². The molecular formula is C14H21N3O5. The molecular weight excluding hydrogens is 290 g/mol. The first-order chi connectivity index (χ1) is 10.6. The van der Waals surface area contributed by atoms with Gasteiger partial charge in [-0.1, -0.05) is 6.07 Å². The Morgan fingerprint density at radius 2 is 1.82 bits per heavy atom. The number of ether oxygens (including phenoxy) is 3. The van der Waals surface area contributed by atoms with Crippen LogP contribution in [0.25, 0.3) is 0 Å². The van der Waals surface area contributed by atoms with Gasteiger partial charge in [-0.25, -0.2) is 14.5 Å². The number of carbonyl (C=O) groups excluding carboxylic acids is 2. The molecule has 0 aromatic heterocycles. The van der Waals surface area contributed by atoms with Crippen LogP contribution in [0.3, 0.4) is 0 Å². The van der Waals surface area contributed by atoms with Crippen LogP contribution in [0.15, 0.2) is 18.2 Å². The molecule has 0 bridgehead atoms. The number of para-hydroxylation sites is 1. The fraction of sp³-hybridized carbons (Fsp3) is 0.429. The highest BCUT2D eigenvalue weighted by Crippen LogP contribution is 2.34. The van der Waals surface area contributed by atoms with Gasteiger partial charge < -0.3 is 25.3 Å². The third kappa shape index (κ3) is 4.26. The molecule has 0 heterocycles. The van der Waals surface area contributed by atoms with Crippen LogP contribution >= 0.6 is 0 Å². The van der Waals surface area contributed by atoms with E-state index in [1.807, 2.05) is 0 Å². The number of anilines is 1. The number of urea groups is 1. The summed E-state index contributed by atoms with van der Waals surface area (Å²) in [6.45, 7) is 1.96. The zero-order valence-corrected chi connectivity index (χ0v) is 12.9. The molecule has 0 aliphatic rings. The summed E-state index contributed by atoms with van der Waals surface area (Å²) >= 11 is 0. The summed E-state index contributed by atoms with van der Waals surface area (Å²) < 4.78 is 15.2. The summed E-state index contributed by atoms with van der Waals surface area (Å²) in [5.74, 6) is 0.813. The molecule has 0 saturated heterocycles. The van der Waals surface area contributed by atoms with Crippen molar-refractivity contribution in [3.63, 3.8) is 0 Å². The molecule has 0 aliphatic carbocycles. The van der Waals surface area contributed by atoms with Gasteiger partial charge in [0.15, 0.2) is 0 Å². The number of nitrogens with zero attached hydrogens (tertiary/aromatic N) is 1. The van der Waals surface area contributed by atoms with Gasteiger partial charge in [0.05, 0.1) is 20.8 Å². The van der Waals surface area contributed by atoms with Crippen LogP contribution in [-0.2, 0) is 4.74 Å². The van der Waals surface area contributed by atoms with Crippen molar-refractivity contribution >= 4 is 17.8 Å². The molecule has 0 fully saturated rings. The first-order valence-corrected chi connectivity index (χ1v) is 6.75. The molecule has 8 heteroatoms. The number of nitrogens with one attached hydrogen (secondary N) is 1. The van der Waals surface area contributed by atoms with E-state index in [0.717, 1.165) is 4.90 Å². The number of nitrogens with two attached hydrogens (primary N) is 1. The zero-order valence-electron chi connectivity index (χ0n) is 12.9. The first-order valence-electron chi connectivity index (χ1n) is 6.75. The highest BCUT2D eigenvalue weighted by molar-refractivity contribution is 6.00. The van der Waals surface area contributed by atoms with Gasteiger partial charge in [-0.05, 0) is 19.1 Å². The molecule has 0 atom stereocenters. The molecule has 0 unspecified atom stereocenters. The van der Waals surface area contributed by atoms with E-state index < -0.39 is 12.1 Å². The van der Waals surface area contributed by atoms with Crippen LogP contribution in [0.2, 0.25) is 0 Å². The second-order valence-corrected chi connectivity index (χ2v) is 4.11. The van der Waals surface area contributed by atoms with Gasteiger partial charge in [0.2, 0.25) is 0 Å². The first kappa shape index (κ1) is 17.6. The van der Waals surface area contributed by atoms with Crippen LogP contribution in [0.5, 0.6) is 11.5 Å². The third-order valence-corrected chi connectivity index (χ3v) is 2.75. The van der Waals surface area contributed by atoms with E-state index in [9.17, 15) is 9.59 Å². The maximum atomic E-state index is 12.3. The molecule has 0 aliphatic heterocycles. The Balaban J connectivity index is 3.00. The van der Waals surface area contributed by atoms with Crippen LogP contribution in [0.4, 0.5) is 15.3 Å². The minimum atomic E-state index is -0.765. The maximum Gasteiger partial charge on any atom is 0.418 e. The Morgan fingerprint density at radius 1 is 1.23 bits per heavy atom. The maximum absolute atomic E-state index is 12.3. The molecule has 1 aromatic rings. The summed E-state index contributed by atoms with van der Waals surface area (Å²) in [5, 5.41) is 2.59. The van der Waals surface area contributed by atoms with Crippen molar-refractivity contribution in [1.82, 2.24) is 4.90 Å². The van der Waals surface area contributed by atoms with Crippen LogP contribution in [0, 0.1) is 0 Å². The summed E-state index contributed by atoms with van der Waals surface area (Å²) in [5.41, 5.74) is 5.75. The van der Waals surface area contributed by atoms with Crippen molar-refractivity contribution < 1.29 is 23.8 Å². The average molecular weight is 311 g/mol. The van der Waals surface area contributed by atoms with Gasteiger partial charge in [0.25, 0.3) is 0 Å². The number of amides is 3. The topological polar surface area (TPSA) is 103 Å². The zero-order chi connectivity index (χ0) is 16.5. The lowest BCUT2D eigenvalue weighted by molar-refractivity contribution is 0.118. The Morgan fingerprint density at radius 3 is 2.27 bits per heavy atom. The molecule has 0 spiro atoms. The lowest BCUT2D eigenvalue weighted by atomic mass is 10.2. The monoisotopic (exact) mass is 311 g/mol. The van der Waals surface area contributed by atoms with Crippen molar-refractivity contribution in [1.29, 1.82) is 0 Å². The van der Waals surface area contributed by atoms with Gasteiger partial charge in [0.1, 0.15) is 17.2 Å². The van der Waals surface area contributed by atoms with Crippen LogP contribution < -0.4 is 20.5 Å². The summed E-state index contributed by atoms with van der Waals surface area (Å²) in [7, 11) is 2.93. The predicted octanol–water partition coefficient (Wildman–Crippen LogP) is 1.65. The highest BCUT2D eigenvalue weighted by Gasteiger charge is 2.24. The molecule has 3 amide bonds. The largest absolute Gasteiger partial charge is 0.494 e. The normalized spacial score (nSPS) is 9.82. The fourth-order valence-corrected chi connectivity index (χ4v) is 1.76. The van der Waals surface area contributed by atoms with E-state index >= 15 is 0 Å². The number of carbonyl (C=O) groups is 2. The SMILES string of the molecule is CCOC(=O)N(CCN)C(=O)Nc1c(OC)cccc1OC. The second-order valence-electron chi connectivity index (χ2n) is 4.11. The number of imide groups is 1. The number of benzene rings is 1. The van der Waals surface area contributed by atoms with Crippen LogP contribution in [0.1, 0.15) is 6.92 Å². The van der Waals surface area contributed by atoms with Crippen molar-refractivity contribution in [2.45, 2.75) is 6.92 Å². The Kier molecular flexibility index (Phi) is 6.97. The van der Waals surface area contributed by atoms with E-state index in [4.69, 9.17) is 19.9 Å². The van der Waals surface area contributed by atoms with Gasteiger partial charge in [-0.15, -0.1) is 0 Å². The standard InChI is InChI=1S/C14H21N3O5/c1-4-22-14(19)17(9-8-15)13(18)16-12-10(20-2)6-5-7-11(12)21-3/h5-7H,4,8-9,15H2,1-3H3,(H,16,18). The van der Waals surface area contributed by atoms with E-state index in [-0.39, 0.29) is 19.7 Å². The number of methoxy groups -OCH3 is 2. The number of hydrogen-bond acceptors (Lipinski definition) is 6. The van der Waals surface area contributed by atoms with E-state index in [1.54, 1.807) is 25.1 Å². The Labute approximate surface area is 129 Å². The minimum Gasteiger partial charge on any atom is -0.494 e. The van der Waals surface area contributed by atoms with Gasteiger partial charge in [-0.3, -0.25) is 0 Å². The summed E-state index contributed by atoms with van der Waals surface area (Å²) in [6.07, 6.45) is -0.765. The molecule has 0 radical (unpaired) electrons. The lowest BCUT2D eigenvalue weighted by Gasteiger charge is -2.21. The van der Waals surface area contributed by atoms with Crippen molar-refractivity contribution in [2.24, 2.45) is 5.73 Å². The smallest absolute Gasteiger partial charge is 0.418 e. The summed E-state index contributed by atoms with van der Waals surface area (Å²) in [6, 6.07) is 4.37. The highest BCUT2D eigenvalue weighted by atomic mass is 16.6. The summed E-state index contributed by atoms with van der Waals surface area (Å²) in [4.78, 5) is 25.0. The molecule has 22 heavy (non-hydrogen) atoms. The van der Waals surface area contributed by atoms with Crippen LogP contribution in [-0.4, -0.2) is 50.9 Å². The van der Waals surface area contributed by atoms with E-state index in [1.165, 1.54) is 14.2 Å². The van der Waals surface area contributed by atoms with Gasteiger partial charge >= 0.3 is 12.1 Å². The quantitative estimate of drug-likeness (QED) is 0.828. The molecule has 1 rings (SSSR count).